The maximum atomic E-state index is 12.3. The summed E-state index contributed by atoms with van der Waals surface area (Å²) in [5.74, 6) is 0.868. The molecule has 3 aromatic rings. The molecule has 10 heteroatoms. The number of nitrogens with one attached hydrogen (secondary N) is 1. The third-order valence-corrected chi connectivity index (χ3v) is 4.10. The van der Waals surface area contributed by atoms with Crippen LogP contribution in [-0.2, 0) is 10.4 Å². The van der Waals surface area contributed by atoms with Crippen LogP contribution in [0, 0.1) is 0 Å². The lowest BCUT2D eigenvalue weighted by atomic mass is 9.96. The Morgan fingerprint density at radius 1 is 1.07 bits per heavy atom. The first-order chi connectivity index (χ1) is 13.8. The van der Waals surface area contributed by atoms with Gasteiger partial charge in [-0.15, -0.1) is 23.4 Å². The molecule has 2 heterocycles. The maximum absolute atomic E-state index is 12.3. The van der Waals surface area contributed by atoms with Crippen LogP contribution < -0.4 is 15.0 Å². The first kappa shape index (κ1) is 18.8. The number of alkyl halides is 3. The quantitative estimate of drug-likeness (QED) is 0.678. The molecule has 150 valence electrons. The highest BCUT2D eigenvalue weighted by Gasteiger charge is 2.34. The van der Waals surface area contributed by atoms with E-state index >= 15 is 0 Å². The molecule has 1 aromatic heterocycles. The smallest absolute Gasteiger partial charge is 0.439 e. The van der Waals surface area contributed by atoms with Gasteiger partial charge < -0.3 is 13.9 Å². The summed E-state index contributed by atoms with van der Waals surface area (Å²) >= 11 is 0. The van der Waals surface area contributed by atoms with E-state index in [2.05, 4.69) is 20.4 Å². The molecule has 0 bridgehead atoms. The maximum Gasteiger partial charge on any atom is 0.573 e. The van der Waals surface area contributed by atoms with E-state index in [1.54, 1.807) is 37.3 Å². The summed E-state index contributed by atoms with van der Waals surface area (Å²) in [6.07, 6.45) is -1.84. The van der Waals surface area contributed by atoms with Gasteiger partial charge in [0.2, 0.25) is 18.2 Å². The molecular weight excluding hydrogens is 391 g/mol. The first-order valence-electron chi connectivity index (χ1n) is 8.38. The van der Waals surface area contributed by atoms with Crippen molar-refractivity contribution < 1.29 is 31.9 Å². The van der Waals surface area contributed by atoms with Crippen LogP contribution in [0.5, 0.6) is 11.5 Å². The fourth-order valence-corrected chi connectivity index (χ4v) is 2.76. The molecule has 0 amide bonds. The summed E-state index contributed by atoms with van der Waals surface area (Å²) < 4.78 is 51.7. The van der Waals surface area contributed by atoms with E-state index in [9.17, 15) is 13.2 Å². The number of aromatic nitrogens is 2. The standard InChI is InChI=1S/C19H14F3N3O4/c1-18(13-5-7-14(8-6-13)28-19(20,21)22)10-16(25-29-18)27-15-4-2-3-12(9-15)17-24-23-11-26-17/h2-11,25H,1H3. The average Bonchev–Trinajstić information content (AvgIpc) is 3.32. The second kappa shape index (κ2) is 7.13. The van der Waals surface area contributed by atoms with Crippen LogP contribution in [-0.4, -0.2) is 16.6 Å². The molecule has 1 N–H and O–H groups in total. The third kappa shape index (κ3) is 4.32. The minimum atomic E-state index is -4.74. The van der Waals surface area contributed by atoms with Crippen LogP contribution in [0.25, 0.3) is 11.5 Å². The molecule has 4 rings (SSSR count). The molecule has 29 heavy (non-hydrogen) atoms. The number of hydroxylamine groups is 1. The highest BCUT2D eigenvalue weighted by molar-refractivity contribution is 5.55. The molecule has 0 saturated heterocycles. The van der Waals surface area contributed by atoms with Gasteiger partial charge in [0.1, 0.15) is 17.1 Å². The highest BCUT2D eigenvalue weighted by Crippen LogP contribution is 2.34. The fraction of sp³-hybridized carbons (Fsp3) is 0.158. The van der Waals surface area contributed by atoms with Gasteiger partial charge in [-0.3, -0.25) is 4.84 Å². The van der Waals surface area contributed by atoms with E-state index in [0.29, 0.717) is 28.7 Å². The Bertz CT molecular complexity index is 1020. The fourth-order valence-electron chi connectivity index (χ4n) is 2.76. The summed E-state index contributed by atoms with van der Waals surface area (Å²) in [7, 11) is 0. The molecule has 0 fully saturated rings. The molecule has 0 aliphatic carbocycles. The Labute approximate surface area is 162 Å². The van der Waals surface area contributed by atoms with Crippen LogP contribution in [0.3, 0.4) is 0 Å². The minimum Gasteiger partial charge on any atom is -0.439 e. The number of hydrogen-bond acceptors (Lipinski definition) is 7. The second-order valence-corrected chi connectivity index (χ2v) is 6.27. The molecule has 1 unspecified atom stereocenters. The summed E-state index contributed by atoms with van der Waals surface area (Å²) in [5, 5.41) is 7.48. The van der Waals surface area contributed by atoms with Gasteiger partial charge in [0.05, 0.1) is 0 Å². The van der Waals surface area contributed by atoms with E-state index in [1.807, 2.05) is 0 Å². The number of hydrogen-bond donors (Lipinski definition) is 1. The molecule has 0 spiro atoms. The molecule has 1 aliphatic rings. The van der Waals surface area contributed by atoms with Crippen molar-refractivity contribution in [3.05, 3.63) is 72.4 Å². The lowest BCUT2D eigenvalue weighted by Crippen LogP contribution is -2.23. The Kier molecular flexibility index (Phi) is 4.63. The number of ether oxygens (including phenoxy) is 2. The van der Waals surface area contributed by atoms with Gasteiger partial charge >= 0.3 is 6.36 Å². The summed E-state index contributed by atoms with van der Waals surface area (Å²) in [6.45, 7) is 1.74. The zero-order chi connectivity index (χ0) is 20.5. The Morgan fingerprint density at radius 2 is 1.86 bits per heavy atom. The van der Waals surface area contributed by atoms with Gasteiger partial charge in [-0.05, 0) is 42.8 Å². The van der Waals surface area contributed by atoms with Gasteiger partial charge in [-0.1, -0.05) is 18.2 Å². The molecular formula is C19H14F3N3O4. The molecule has 1 atom stereocenters. The number of nitrogens with zero attached hydrogens (tertiary/aromatic N) is 2. The normalized spacial score (nSPS) is 18.8. The second-order valence-electron chi connectivity index (χ2n) is 6.27. The summed E-state index contributed by atoms with van der Waals surface area (Å²) in [4.78, 5) is 5.58. The first-order valence-corrected chi connectivity index (χ1v) is 8.38. The SMILES string of the molecule is CC1(c2ccc(OC(F)(F)F)cc2)C=C(Oc2cccc(-c3nnco3)c2)NO1. The van der Waals surface area contributed by atoms with Crippen molar-refractivity contribution in [1.82, 2.24) is 15.7 Å². The van der Waals surface area contributed by atoms with Gasteiger partial charge in [-0.25, -0.2) is 5.48 Å². The van der Waals surface area contributed by atoms with Crippen LogP contribution in [0.1, 0.15) is 12.5 Å². The Morgan fingerprint density at radius 3 is 2.55 bits per heavy atom. The number of benzene rings is 2. The van der Waals surface area contributed by atoms with Crippen molar-refractivity contribution in [2.24, 2.45) is 0 Å². The van der Waals surface area contributed by atoms with Crippen molar-refractivity contribution >= 4 is 0 Å². The number of halogens is 3. The van der Waals surface area contributed by atoms with Crippen LogP contribution in [0.2, 0.25) is 0 Å². The number of rotatable bonds is 5. The van der Waals surface area contributed by atoms with E-state index in [0.717, 1.165) is 0 Å². The summed E-state index contributed by atoms with van der Waals surface area (Å²) in [6, 6.07) is 12.4. The van der Waals surface area contributed by atoms with Crippen molar-refractivity contribution in [1.29, 1.82) is 0 Å². The van der Waals surface area contributed by atoms with Gasteiger partial charge in [0.25, 0.3) is 0 Å². The van der Waals surface area contributed by atoms with Crippen molar-refractivity contribution in [3.63, 3.8) is 0 Å². The predicted octanol–water partition coefficient (Wildman–Crippen LogP) is 4.31. The molecule has 1 aliphatic heterocycles. The highest BCUT2D eigenvalue weighted by atomic mass is 19.4. The Hall–Kier alpha value is -3.53. The van der Waals surface area contributed by atoms with E-state index < -0.39 is 12.0 Å². The lowest BCUT2D eigenvalue weighted by molar-refractivity contribution is -0.274. The zero-order valence-electron chi connectivity index (χ0n) is 14.9. The van der Waals surface area contributed by atoms with Crippen LogP contribution in [0.15, 0.2) is 71.3 Å². The molecule has 2 aromatic carbocycles. The van der Waals surface area contributed by atoms with Gasteiger partial charge in [-0.2, -0.15) is 0 Å². The molecule has 0 saturated carbocycles. The lowest BCUT2D eigenvalue weighted by Gasteiger charge is -2.20. The van der Waals surface area contributed by atoms with E-state index in [-0.39, 0.29) is 5.75 Å². The predicted molar refractivity (Wildman–Crippen MR) is 93.1 cm³/mol. The van der Waals surface area contributed by atoms with Gasteiger partial charge in [0, 0.05) is 11.6 Å². The van der Waals surface area contributed by atoms with Gasteiger partial charge in [0.15, 0.2) is 0 Å². The Balaban J connectivity index is 1.49. The monoisotopic (exact) mass is 405 g/mol. The van der Waals surface area contributed by atoms with Crippen molar-refractivity contribution in [3.8, 4) is 23.0 Å². The largest absolute Gasteiger partial charge is 0.573 e. The molecule has 7 nitrogen and oxygen atoms in total. The van der Waals surface area contributed by atoms with Crippen LogP contribution >= 0.6 is 0 Å². The van der Waals surface area contributed by atoms with E-state index in [1.165, 1.54) is 30.7 Å². The summed E-state index contributed by atoms with van der Waals surface area (Å²) in [5.41, 5.74) is 3.02. The average molecular weight is 405 g/mol. The van der Waals surface area contributed by atoms with Crippen LogP contribution in [0.4, 0.5) is 13.2 Å². The minimum absolute atomic E-state index is 0.311. The van der Waals surface area contributed by atoms with E-state index in [4.69, 9.17) is 14.0 Å². The third-order valence-electron chi connectivity index (χ3n) is 4.10. The van der Waals surface area contributed by atoms with Crippen molar-refractivity contribution in [2.75, 3.05) is 0 Å². The van der Waals surface area contributed by atoms with Crippen molar-refractivity contribution in [2.45, 2.75) is 18.9 Å². The topological polar surface area (TPSA) is 78.6 Å². The zero-order valence-corrected chi connectivity index (χ0v) is 14.9. The molecule has 0 radical (unpaired) electrons.